The van der Waals surface area contributed by atoms with Crippen molar-refractivity contribution >= 4 is 22.6 Å². The molecule has 0 saturated carbocycles. The molecule has 0 aliphatic carbocycles. The maximum Gasteiger partial charge on any atom is 0.416 e. The number of carbonyl (C=O) groups excluding carboxylic acids is 1. The zero-order valence-corrected chi connectivity index (χ0v) is 17.5. The van der Waals surface area contributed by atoms with Crippen LogP contribution in [0.15, 0.2) is 79.5 Å². The molecule has 2 N–H and O–H groups in total. The Bertz CT molecular complexity index is 1490. The summed E-state index contributed by atoms with van der Waals surface area (Å²) in [6, 6.07) is 13.3. The van der Waals surface area contributed by atoms with Gasteiger partial charge in [-0.05, 0) is 42.0 Å². The van der Waals surface area contributed by atoms with Crippen LogP contribution in [0.2, 0.25) is 0 Å². The quantitative estimate of drug-likeness (QED) is 0.379. The minimum absolute atomic E-state index is 0.0721. The van der Waals surface area contributed by atoms with Gasteiger partial charge in [-0.2, -0.15) is 18.3 Å². The summed E-state index contributed by atoms with van der Waals surface area (Å²) in [7, 11) is 0. The second kappa shape index (κ2) is 8.47. The molecule has 2 aromatic carbocycles. The first-order valence-electron chi connectivity index (χ1n) is 10.3. The lowest BCUT2D eigenvalue weighted by atomic mass is 10.1. The third-order valence-electron chi connectivity index (χ3n) is 5.24. The summed E-state index contributed by atoms with van der Waals surface area (Å²) in [5, 5.41) is 7.80. The molecule has 5 rings (SSSR count). The van der Waals surface area contributed by atoms with Crippen molar-refractivity contribution in [3.8, 4) is 11.3 Å². The van der Waals surface area contributed by atoms with E-state index in [1.54, 1.807) is 35.3 Å². The third kappa shape index (κ3) is 4.38. The monoisotopic (exact) mass is 462 g/mol. The maximum absolute atomic E-state index is 12.9. The molecule has 0 atom stereocenters. The SMILES string of the molecule is O=C(Nc1cccc(C(F)(F)F)c1)c1cccc(Cn2cc(-c3ncnc4[nH]ccc34)cn2)c1. The van der Waals surface area contributed by atoms with Crippen LogP contribution in [0.5, 0.6) is 0 Å². The lowest BCUT2D eigenvalue weighted by Crippen LogP contribution is -2.13. The Hall–Kier alpha value is -4.47. The Morgan fingerprint density at radius 1 is 1.06 bits per heavy atom. The number of hydrogen-bond donors (Lipinski definition) is 2. The van der Waals surface area contributed by atoms with Gasteiger partial charge in [-0.3, -0.25) is 9.48 Å². The van der Waals surface area contributed by atoms with E-state index in [9.17, 15) is 18.0 Å². The van der Waals surface area contributed by atoms with E-state index < -0.39 is 17.6 Å². The minimum Gasteiger partial charge on any atom is -0.346 e. The standard InChI is InChI=1S/C24H17F3N6O/c25-24(26,27)18-5-2-6-19(10-18)32-23(34)16-4-1-3-15(9-16)12-33-13-17(11-31-33)21-20-7-8-28-22(20)30-14-29-21/h1-11,13-14H,12H2,(H,32,34)(H,28,29,30). The summed E-state index contributed by atoms with van der Waals surface area (Å²) in [4.78, 5) is 24.2. The highest BCUT2D eigenvalue weighted by Crippen LogP contribution is 2.31. The number of aromatic amines is 1. The van der Waals surface area contributed by atoms with Gasteiger partial charge in [-0.1, -0.05) is 18.2 Å². The van der Waals surface area contributed by atoms with E-state index >= 15 is 0 Å². The molecular weight excluding hydrogens is 445 g/mol. The van der Waals surface area contributed by atoms with E-state index in [0.29, 0.717) is 12.1 Å². The maximum atomic E-state index is 12.9. The summed E-state index contributed by atoms with van der Waals surface area (Å²) in [5.41, 5.74) is 2.69. The highest BCUT2D eigenvalue weighted by atomic mass is 19.4. The van der Waals surface area contributed by atoms with Crippen molar-refractivity contribution in [1.29, 1.82) is 0 Å². The number of nitrogens with zero attached hydrogens (tertiary/aromatic N) is 4. The Kier molecular flexibility index (Phi) is 5.33. The molecule has 0 aliphatic rings. The van der Waals surface area contributed by atoms with E-state index in [1.807, 2.05) is 18.3 Å². The molecule has 0 unspecified atom stereocenters. The molecule has 10 heteroatoms. The fourth-order valence-corrected chi connectivity index (χ4v) is 3.65. The molecule has 0 bridgehead atoms. The first-order valence-corrected chi connectivity index (χ1v) is 10.3. The van der Waals surface area contributed by atoms with Gasteiger partial charge in [-0.25, -0.2) is 9.97 Å². The van der Waals surface area contributed by atoms with Crippen LogP contribution in [-0.4, -0.2) is 30.6 Å². The number of benzene rings is 2. The topological polar surface area (TPSA) is 88.5 Å². The van der Waals surface area contributed by atoms with Crippen molar-refractivity contribution in [2.24, 2.45) is 0 Å². The average molecular weight is 462 g/mol. The molecule has 34 heavy (non-hydrogen) atoms. The van der Waals surface area contributed by atoms with Crippen LogP contribution < -0.4 is 5.32 Å². The molecule has 0 saturated heterocycles. The number of amides is 1. The third-order valence-corrected chi connectivity index (χ3v) is 5.24. The van der Waals surface area contributed by atoms with Gasteiger partial charge < -0.3 is 10.3 Å². The second-order valence-corrected chi connectivity index (χ2v) is 7.62. The van der Waals surface area contributed by atoms with Crippen LogP contribution in [-0.2, 0) is 12.7 Å². The number of H-pyrrole nitrogens is 1. The summed E-state index contributed by atoms with van der Waals surface area (Å²) in [5.74, 6) is -0.502. The molecule has 0 radical (unpaired) electrons. The van der Waals surface area contributed by atoms with Crippen LogP contribution in [0.4, 0.5) is 18.9 Å². The lowest BCUT2D eigenvalue weighted by Gasteiger charge is -2.10. The van der Waals surface area contributed by atoms with Crippen LogP contribution >= 0.6 is 0 Å². The molecule has 3 heterocycles. The molecule has 7 nitrogen and oxygen atoms in total. The van der Waals surface area contributed by atoms with Gasteiger partial charge >= 0.3 is 6.18 Å². The van der Waals surface area contributed by atoms with E-state index in [0.717, 1.165) is 40.0 Å². The van der Waals surface area contributed by atoms with Crippen molar-refractivity contribution in [1.82, 2.24) is 24.7 Å². The fourth-order valence-electron chi connectivity index (χ4n) is 3.65. The highest BCUT2D eigenvalue weighted by molar-refractivity contribution is 6.04. The van der Waals surface area contributed by atoms with Crippen molar-refractivity contribution in [3.05, 3.63) is 96.2 Å². The van der Waals surface area contributed by atoms with Gasteiger partial charge in [0.25, 0.3) is 5.91 Å². The van der Waals surface area contributed by atoms with Crippen LogP contribution in [0.25, 0.3) is 22.3 Å². The molecule has 170 valence electrons. The predicted molar refractivity (Wildman–Crippen MR) is 120 cm³/mol. The van der Waals surface area contributed by atoms with Gasteiger partial charge in [0.2, 0.25) is 0 Å². The van der Waals surface area contributed by atoms with Gasteiger partial charge in [0.05, 0.1) is 24.0 Å². The number of halogens is 3. The fraction of sp³-hybridized carbons (Fsp3) is 0.0833. The van der Waals surface area contributed by atoms with Crippen LogP contribution in [0, 0.1) is 0 Å². The number of rotatable bonds is 5. The zero-order chi connectivity index (χ0) is 23.7. The first-order chi connectivity index (χ1) is 16.4. The predicted octanol–water partition coefficient (Wildman–Crippen LogP) is 5.14. The first kappa shape index (κ1) is 21.4. The van der Waals surface area contributed by atoms with Crippen molar-refractivity contribution < 1.29 is 18.0 Å². The summed E-state index contributed by atoms with van der Waals surface area (Å²) in [6.45, 7) is 0.395. The minimum atomic E-state index is -4.48. The molecule has 1 amide bonds. The van der Waals surface area contributed by atoms with Gasteiger partial charge in [0.1, 0.15) is 12.0 Å². The summed E-state index contributed by atoms with van der Waals surface area (Å²) in [6.07, 6.45) is 2.35. The molecule has 0 fully saturated rings. The normalized spacial score (nSPS) is 11.6. The van der Waals surface area contributed by atoms with E-state index in [1.165, 1.54) is 18.5 Å². The van der Waals surface area contributed by atoms with Crippen LogP contribution in [0.1, 0.15) is 21.5 Å². The number of anilines is 1. The van der Waals surface area contributed by atoms with Crippen molar-refractivity contribution in [2.75, 3.05) is 5.32 Å². The number of aromatic nitrogens is 5. The Morgan fingerprint density at radius 2 is 1.91 bits per heavy atom. The Morgan fingerprint density at radius 3 is 2.76 bits per heavy atom. The molecule has 5 aromatic rings. The van der Waals surface area contributed by atoms with Gasteiger partial charge in [-0.15, -0.1) is 0 Å². The molecular formula is C24H17F3N6O. The van der Waals surface area contributed by atoms with Crippen LogP contribution in [0.3, 0.4) is 0 Å². The van der Waals surface area contributed by atoms with E-state index in [2.05, 4.69) is 25.4 Å². The number of nitrogens with one attached hydrogen (secondary N) is 2. The molecule has 0 spiro atoms. The van der Waals surface area contributed by atoms with Crippen molar-refractivity contribution in [3.63, 3.8) is 0 Å². The summed E-state index contributed by atoms with van der Waals surface area (Å²) < 4.78 is 40.5. The summed E-state index contributed by atoms with van der Waals surface area (Å²) >= 11 is 0. The number of fused-ring (bicyclic) bond motifs is 1. The van der Waals surface area contributed by atoms with Gasteiger partial charge in [0.15, 0.2) is 0 Å². The lowest BCUT2D eigenvalue weighted by molar-refractivity contribution is -0.137. The zero-order valence-electron chi connectivity index (χ0n) is 17.5. The Balaban J connectivity index is 1.32. The van der Waals surface area contributed by atoms with E-state index in [4.69, 9.17) is 0 Å². The highest BCUT2D eigenvalue weighted by Gasteiger charge is 2.30. The van der Waals surface area contributed by atoms with Crippen molar-refractivity contribution in [2.45, 2.75) is 12.7 Å². The smallest absolute Gasteiger partial charge is 0.346 e. The molecule has 0 aliphatic heterocycles. The molecule has 3 aromatic heterocycles. The number of alkyl halides is 3. The largest absolute Gasteiger partial charge is 0.416 e. The second-order valence-electron chi connectivity index (χ2n) is 7.62. The van der Waals surface area contributed by atoms with E-state index in [-0.39, 0.29) is 5.69 Å². The Labute approximate surface area is 191 Å². The average Bonchev–Trinajstić information content (AvgIpc) is 3.48. The number of carbonyl (C=O) groups is 1. The number of hydrogen-bond acceptors (Lipinski definition) is 4. The van der Waals surface area contributed by atoms with Gasteiger partial charge in [0, 0.05) is 34.6 Å².